The molecular formula is C21H26N6O3S. The molecule has 0 unspecified atom stereocenters. The van der Waals surface area contributed by atoms with Gasteiger partial charge in [0.05, 0.1) is 29.1 Å². The van der Waals surface area contributed by atoms with E-state index in [4.69, 9.17) is 4.74 Å². The third-order valence-corrected chi connectivity index (χ3v) is 6.61. The standard InChI is InChI=1S/C21H26N6O3S/c1-15-23-14-20(27(15)11-12-30-2)19-9-10-22-21(26-19)25-17-5-7-18(8-6-17)31(28,29)24-13-16-3-4-16/h5-10,14,16,24H,3-4,11-13H2,1-2H3,(H,22,25,26). The number of benzene rings is 1. The normalized spacial score (nSPS) is 14.0. The molecule has 0 spiro atoms. The van der Waals surface area contributed by atoms with Crippen molar-refractivity contribution in [3.63, 3.8) is 0 Å². The number of nitrogens with zero attached hydrogens (tertiary/aromatic N) is 4. The average Bonchev–Trinajstić information content (AvgIpc) is 3.53. The summed E-state index contributed by atoms with van der Waals surface area (Å²) in [5.74, 6) is 1.78. The minimum absolute atomic E-state index is 0.242. The first-order valence-electron chi connectivity index (χ1n) is 10.2. The van der Waals surface area contributed by atoms with Crippen LogP contribution >= 0.6 is 0 Å². The first-order valence-corrected chi connectivity index (χ1v) is 11.7. The lowest BCUT2D eigenvalue weighted by Crippen LogP contribution is -2.25. The Morgan fingerprint density at radius 3 is 2.65 bits per heavy atom. The van der Waals surface area contributed by atoms with Crippen molar-refractivity contribution in [2.75, 3.05) is 25.6 Å². The van der Waals surface area contributed by atoms with E-state index in [1.165, 1.54) is 0 Å². The summed E-state index contributed by atoms with van der Waals surface area (Å²) in [5, 5.41) is 3.13. The maximum Gasteiger partial charge on any atom is 0.240 e. The summed E-state index contributed by atoms with van der Waals surface area (Å²) in [7, 11) is -1.82. The lowest BCUT2D eigenvalue weighted by molar-refractivity contribution is 0.187. The Balaban J connectivity index is 1.48. The number of hydrogen-bond donors (Lipinski definition) is 2. The monoisotopic (exact) mass is 442 g/mol. The first kappa shape index (κ1) is 21.4. The Labute approximate surface area is 182 Å². The Morgan fingerprint density at radius 2 is 1.94 bits per heavy atom. The molecule has 9 nitrogen and oxygen atoms in total. The zero-order valence-electron chi connectivity index (χ0n) is 17.6. The van der Waals surface area contributed by atoms with Crippen molar-refractivity contribution in [1.82, 2.24) is 24.2 Å². The fourth-order valence-corrected chi connectivity index (χ4v) is 4.29. The van der Waals surface area contributed by atoms with Crippen molar-refractivity contribution in [1.29, 1.82) is 0 Å². The van der Waals surface area contributed by atoms with Gasteiger partial charge in [-0.25, -0.2) is 28.1 Å². The lowest BCUT2D eigenvalue weighted by Gasteiger charge is -2.11. The largest absolute Gasteiger partial charge is 0.383 e. The van der Waals surface area contributed by atoms with Crippen molar-refractivity contribution < 1.29 is 13.2 Å². The maximum atomic E-state index is 12.4. The highest BCUT2D eigenvalue weighted by Crippen LogP contribution is 2.28. The van der Waals surface area contributed by atoms with Gasteiger partial charge in [-0.2, -0.15) is 0 Å². The van der Waals surface area contributed by atoms with Crippen molar-refractivity contribution in [2.45, 2.75) is 31.2 Å². The Hall–Kier alpha value is -2.82. The van der Waals surface area contributed by atoms with Gasteiger partial charge in [-0.05, 0) is 56.0 Å². The summed E-state index contributed by atoms with van der Waals surface area (Å²) < 4.78 is 34.6. The number of imidazole rings is 1. The summed E-state index contributed by atoms with van der Waals surface area (Å²) in [6.45, 7) is 3.69. The van der Waals surface area contributed by atoms with Crippen LogP contribution in [0.1, 0.15) is 18.7 Å². The highest BCUT2D eigenvalue weighted by atomic mass is 32.2. The Kier molecular flexibility index (Phi) is 6.30. The highest BCUT2D eigenvalue weighted by Gasteiger charge is 2.24. The molecule has 1 aromatic carbocycles. The van der Waals surface area contributed by atoms with Crippen LogP contribution in [0.5, 0.6) is 0 Å². The van der Waals surface area contributed by atoms with Crippen molar-refractivity contribution in [2.24, 2.45) is 5.92 Å². The highest BCUT2D eigenvalue weighted by molar-refractivity contribution is 7.89. The zero-order chi connectivity index (χ0) is 21.8. The molecule has 0 aliphatic heterocycles. The number of nitrogens with one attached hydrogen (secondary N) is 2. The molecule has 0 bridgehead atoms. The Morgan fingerprint density at radius 1 is 1.16 bits per heavy atom. The van der Waals surface area contributed by atoms with Gasteiger partial charge < -0.3 is 14.6 Å². The van der Waals surface area contributed by atoms with Gasteiger partial charge in [0, 0.05) is 32.1 Å². The second kappa shape index (κ2) is 9.13. The maximum absolute atomic E-state index is 12.4. The van der Waals surface area contributed by atoms with Crippen LogP contribution in [0.2, 0.25) is 0 Å². The number of hydrogen-bond acceptors (Lipinski definition) is 7. The second-order valence-electron chi connectivity index (χ2n) is 7.55. The lowest BCUT2D eigenvalue weighted by atomic mass is 10.3. The third-order valence-electron chi connectivity index (χ3n) is 5.17. The molecule has 0 atom stereocenters. The van der Waals surface area contributed by atoms with E-state index in [0.717, 1.165) is 30.1 Å². The molecule has 164 valence electrons. The molecule has 10 heteroatoms. The smallest absolute Gasteiger partial charge is 0.240 e. The molecule has 0 amide bonds. The van der Waals surface area contributed by atoms with E-state index in [2.05, 4.69) is 25.0 Å². The summed E-state index contributed by atoms with van der Waals surface area (Å²) in [6, 6.07) is 8.38. The molecule has 2 aromatic heterocycles. The molecule has 2 heterocycles. The van der Waals surface area contributed by atoms with Crippen LogP contribution in [-0.4, -0.2) is 48.2 Å². The van der Waals surface area contributed by atoms with E-state index in [1.54, 1.807) is 43.8 Å². The van der Waals surface area contributed by atoms with Crippen LogP contribution in [0.3, 0.4) is 0 Å². The van der Waals surface area contributed by atoms with Crippen LogP contribution in [-0.2, 0) is 21.3 Å². The Bertz CT molecular complexity index is 1140. The van der Waals surface area contributed by atoms with Crippen molar-refractivity contribution in [3.05, 3.63) is 48.5 Å². The van der Waals surface area contributed by atoms with Crippen molar-refractivity contribution >= 4 is 21.7 Å². The number of sulfonamides is 1. The molecule has 1 aliphatic rings. The second-order valence-corrected chi connectivity index (χ2v) is 9.31. The van der Waals surface area contributed by atoms with Crippen molar-refractivity contribution in [3.8, 4) is 11.4 Å². The molecule has 2 N–H and O–H groups in total. The van der Waals surface area contributed by atoms with E-state index in [0.29, 0.717) is 37.3 Å². The molecule has 4 rings (SSSR count). The number of anilines is 2. The average molecular weight is 443 g/mol. The van der Waals surface area contributed by atoms with Gasteiger partial charge in [-0.1, -0.05) is 0 Å². The molecule has 3 aromatic rings. The molecule has 0 saturated heterocycles. The fraction of sp³-hybridized carbons (Fsp3) is 0.381. The van der Waals surface area contributed by atoms with E-state index < -0.39 is 10.0 Å². The van der Waals surface area contributed by atoms with Gasteiger partial charge in [0.15, 0.2) is 0 Å². The number of methoxy groups -OCH3 is 1. The van der Waals surface area contributed by atoms with Gasteiger partial charge >= 0.3 is 0 Å². The third kappa shape index (κ3) is 5.27. The van der Waals surface area contributed by atoms with E-state index in [9.17, 15) is 8.42 Å². The van der Waals surface area contributed by atoms with Crippen LogP contribution < -0.4 is 10.0 Å². The molecular weight excluding hydrogens is 416 g/mol. The van der Waals surface area contributed by atoms with E-state index >= 15 is 0 Å². The van der Waals surface area contributed by atoms with Gasteiger partial charge in [-0.15, -0.1) is 0 Å². The van der Waals surface area contributed by atoms with Gasteiger partial charge in [0.2, 0.25) is 16.0 Å². The molecule has 1 saturated carbocycles. The first-order chi connectivity index (χ1) is 15.0. The van der Waals surface area contributed by atoms with Gasteiger partial charge in [-0.3, -0.25) is 0 Å². The molecule has 1 aliphatic carbocycles. The number of aryl methyl sites for hydroxylation is 1. The summed E-state index contributed by atoms with van der Waals surface area (Å²) in [6.07, 6.45) is 5.65. The molecule has 1 fully saturated rings. The minimum Gasteiger partial charge on any atom is -0.383 e. The number of aromatic nitrogens is 4. The van der Waals surface area contributed by atoms with Crippen LogP contribution in [0.25, 0.3) is 11.4 Å². The van der Waals surface area contributed by atoms with Crippen LogP contribution in [0.15, 0.2) is 47.6 Å². The molecule has 31 heavy (non-hydrogen) atoms. The zero-order valence-corrected chi connectivity index (χ0v) is 18.4. The summed E-state index contributed by atoms with van der Waals surface area (Å²) >= 11 is 0. The number of ether oxygens (including phenoxy) is 1. The summed E-state index contributed by atoms with van der Waals surface area (Å²) in [4.78, 5) is 13.5. The fourth-order valence-electron chi connectivity index (χ4n) is 3.18. The summed E-state index contributed by atoms with van der Waals surface area (Å²) in [5.41, 5.74) is 2.31. The minimum atomic E-state index is -3.49. The van der Waals surface area contributed by atoms with Gasteiger partial charge in [0.1, 0.15) is 5.82 Å². The topological polar surface area (TPSA) is 111 Å². The molecule has 0 radical (unpaired) electrons. The SMILES string of the molecule is COCCn1c(-c2ccnc(Nc3ccc(S(=O)(=O)NCC4CC4)cc3)n2)cnc1C. The predicted octanol–water partition coefficient (Wildman–Crippen LogP) is 2.73. The quantitative estimate of drug-likeness (QED) is 0.497. The predicted molar refractivity (Wildman–Crippen MR) is 118 cm³/mol. The van der Waals surface area contributed by atoms with E-state index in [-0.39, 0.29) is 4.90 Å². The van der Waals surface area contributed by atoms with E-state index in [1.807, 2.05) is 17.6 Å². The number of rotatable bonds is 10. The van der Waals surface area contributed by atoms with Crippen LogP contribution in [0, 0.1) is 12.8 Å². The van der Waals surface area contributed by atoms with Gasteiger partial charge in [0.25, 0.3) is 0 Å². The van der Waals surface area contributed by atoms with Crippen LogP contribution in [0.4, 0.5) is 11.6 Å².